The Morgan fingerprint density at radius 3 is 2.52 bits per heavy atom. The second kappa shape index (κ2) is 6.27. The molecule has 0 aliphatic carbocycles. The Morgan fingerprint density at radius 2 is 1.78 bits per heavy atom. The van der Waals surface area contributed by atoms with Crippen LogP contribution in [0, 0.1) is 10.8 Å². The van der Waals surface area contributed by atoms with E-state index in [9.17, 15) is 0 Å². The van der Waals surface area contributed by atoms with Gasteiger partial charge in [-0.25, -0.2) is 0 Å². The molecule has 0 unspecified atom stereocenters. The molecule has 0 bridgehead atoms. The first-order valence-electron chi connectivity index (χ1n) is 7.01. The average molecular weight is 305 g/mol. The first-order valence-corrected chi connectivity index (χ1v) is 7.01. The van der Waals surface area contributed by atoms with Gasteiger partial charge in [0.05, 0.1) is 7.11 Å². The summed E-state index contributed by atoms with van der Waals surface area (Å²) in [6, 6.07) is 14.8. The molecule has 0 radical (unpaired) electrons. The summed E-state index contributed by atoms with van der Waals surface area (Å²) in [6.45, 7) is 0. The Labute approximate surface area is 133 Å². The van der Waals surface area contributed by atoms with E-state index in [0.717, 1.165) is 22.3 Å². The predicted octanol–water partition coefficient (Wildman–Crippen LogP) is 4.01. The fourth-order valence-corrected chi connectivity index (χ4v) is 2.34. The minimum Gasteiger partial charge on any atom is -0.496 e. The van der Waals surface area contributed by atoms with Crippen molar-refractivity contribution in [3.05, 3.63) is 59.7 Å². The van der Waals surface area contributed by atoms with Crippen molar-refractivity contribution in [1.82, 2.24) is 5.16 Å². The maximum atomic E-state index is 7.38. The molecule has 1 aromatic heterocycles. The summed E-state index contributed by atoms with van der Waals surface area (Å²) in [5.74, 6) is 1.29. The average Bonchev–Trinajstić information content (AvgIpc) is 3.11. The van der Waals surface area contributed by atoms with E-state index in [1.165, 1.54) is 12.4 Å². The van der Waals surface area contributed by atoms with Crippen LogP contribution in [0.3, 0.4) is 0 Å². The van der Waals surface area contributed by atoms with Crippen LogP contribution in [0.5, 0.6) is 5.75 Å². The van der Waals surface area contributed by atoms with Crippen molar-refractivity contribution in [3.8, 4) is 28.3 Å². The van der Waals surface area contributed by atoms with Crippen LogP contribution >= 0.6 is 0 Å². The van der Waals surface area contributed by atoms with E-state index in [0.29, 0.717) is 17.2 Å². The van der Waals surface area contributed by atoms with Gasteiger partial charge in [0, 0.05) is 29.6 Å². The van der Waals surface area contributed by atoms with Gasteiger partial charge in [0.1, 0.15) is 11.4 Å². The van der Waals surface area contributed by atoms with E-state index in [1.807, 2.05) is 42.5 Å². The summed E-state index contributed by atoms with van der Waals surface area (Å²) in [4.78, 5) is 0. The van der Waals surface area contributed by atoms with Crippen LogP contribution in [0.1, 0.15) is 11.1 Å². The number of rotatable bonds is 5. The molecule has 0 spiro atoms. The summed E-state index contributed by atoms with van der Waals surface area (Å²) in [5, 5.41) is 18.8. The van der Waals surface area contributed by atoms with E-state index >= 15 is 0 Å². The number of benzene rings is 2. The molecule has 0 saturated heterocycles. The van der Waals surface area contributed by atoms with Gasteiger partial charge in [-0.2, -0.15) is 0 Å². The van der Waals surface area contributed by atoms with Gasteiger partial charge in [-0.15, -0.1) is 0 Å². The van der Waals surface area contributed by atoms with Crippen molar-refractivity contribution in [1.29, 1.82) is 10.8 Å². The molecule has 2 N–H and O–H groups in total. The molecule has 0 amide bonds. The van der Waals surface area contributed by atoms with Crippen molar-refractivity contribution >= 4 is 12.4 Å². The second-order valence-electron chi connectivity index (χ2n) is 4.95. The summed E-state index contributed by atoms with van der Waals surface area (Å²) in [6.07, 6.45) is 2.56. The Bertz CT molecular complexity index is 868. The van der Waals surface area contributed by atoms with Gasteiger partial charge in [-0.3, -0.25) is 0 Å². The largest absolute Gasteiger partial charge is 0.496 e. The summed E-state index contributed by atoms with van der Waals surface area (Å²) in [7, 11) is 1.59. The molecule has 0 aliphatic rings. The highest BCUT2D eigenvalue weighted by Gasteiger charge is 2.13. The van der Waals surface area contributed by atoms with Crippen molar-refractivity contribution in [2.45, 2.75) is 0 Å². The lowest BCUT2D eigenvalue weighted by Crippen LogP contribution is -1.90. The van der Waals surface area contributed by atoms with E-state index in [4.69, 9.17) is 20.1 Å². The summed E-state index contributed by atoms with van der Waals surface area (Å²) >= 11 is 0. The zero-order valence-electron chi connectivity index (χ0n) is 12.5. The topological polar surface area (TPSA) is 83.0 Å². The van der Waals surface area contributed by atoms with E-state index in [2.05, 4.69) is 5.16 Å². The lowest BCUT2D eigenvalue weighted by atomic mass is 10.1. The SMILES string of the molecule is COc1ccc(C=N)cc1-c1cc(-c2cccc(C=N)c2)on1. The monoisotopic (exact) mass is 305 g/mol. The number of aromatic nitrogens is 1. The van der Waals surface area contributed by atoms with Crippen molar-refractivity contribution in [2.24, 2.45) is 0 Å². The molecule has 5 heteroatoms. The zero-order valence-corrected chi connectivity index (χ0v) is 12.5. The van der Waals surface area contributed by atoms with Crippen LogP contribution in [0.15, 0.2) is 53.1 Å². The van der Waals surface area contributed by atoms with Crippen LogP contribution in [-0.4, -0.2) is 24.7 Å². The number of ether oxygens (including phenoxy) is 1. The maximum absolute atomic E-state index is 7.38. The first kappa shape index (κ1) is 14.7. The molecule has 1 heterocycles. The molecule has 114 valence electrons. The third kappa shape index (κ3) is 2.89. The van der Waals surface area contributed by atoms with Gasteiger partial charge in [0.15, 0.2) is 5.76 Å². The zero-order chi connectivity index (χ0) is 16.2. The Balaban J connectivity index is 2.05. The highest BCUT2D eigenvalue weighted by molar-refractivity contribution is 5.83. The van der Waals surface area contributed by atoms with Crippen LogP contribution < -0.4 is 4.74 Å². The lowest BCUT2D eigenvalue weighted by molar-refractivity contribution is 0.413. The van der Waals surface area contributed by atoms with Crippen molar-refractivity contribution < 1.29 is 9.26 Å². The molecule has 0 aliphatic heterocycles. The van der Waals surface area contributed by atoms with Crippen molar-refractivity contribution in [2.75, 3.05) is 7.11 Å². The highest BCUT2D eigenvalue weighted by Crippen LogP contribution is 2.32. The van der Waals surface area contributed by atoms with E-state index in [1.54, 1.807) is 13.2 Å². The second-order valence-corrected chi connectivity index (χ2v) is 4.95. The molecular formula is C18H15N3O2. The molecule has 0 fully saturated rings. The molecule has 2 aromatic carbocycles. The van der Waals surface area contributed by atoms with Gasteiger partial charge in [-0.1, -0.05) is 23.4 Å². The van der Waals surface area contributed by atoms with Gasteiger partial charge in [0.2, 0.25) is 0 Å². The lowest BCUT2D eigenvalue weighted by Gasteiger charge is -2.06. The summed E-state index contributed by atoms with van der Waals surface area (Å²) < 4.78 is 10.8. The first-order chi connectivity index (χ1) is 11.2. The number of hydrogen-bond acceptors (Lipinski definition) is 5. The number of nitrogens with one attached hydrogen (secondary N) is 2. The standard InChI is InChI=1S/C18H15N3O2/c1-22-17-6-5-13(11-20)8-15(17)16-9-18(23-21-16)14-4-2-3-12(7-14)10-19/h2-11,19-20H,1H3. The normalized spacial score (nSPS) is 10.3. The third-order valence-electron chi connectivity index (χ3n) is 3.51. The minimum atomic E-state index is 0.617. The summed E-state index contributed by atoms with van der Waals surface area (Å²) in [5.41, 5.74) is 3.82. The number of nitrogens with zero attached hydrogens (tertiary/aromatic N) is 1. The molecule has 23 heavy (non-hydrogen) atoms. The predicted molar refractivity (Wildman–Crippen MR) is 89.7 cm³/mol. The van der Waals surface area contributed by atoms with E-state index in [-0.39, 0.29) is 0 Å². The van der Waals surface area contributed by atoms with Crippen LogP contribution in [-0.2, 0) is 0 Å². The molecule has 0 atom stereocenters. The fraction of sp³-hybridized carbons (Fsp3) is 0.0556. The molecular weight excluding hydrogens is 290 g/mol. The smallest absolute Gasteiger partial charge is 0.167 e. The van der Waals surface area contributed by atoms with E-state index < -0.39 is 0 Å². The third-order valence-corrected chi connectivity index (χ3v) is 3.51. The molecule has 3 aromatic rings. The van der Waals surface area contributed by atoms with Gasteiger partial charge in [0.25, 0.3) is 0 Å². The van der Waals surface area contributed by atoms with Gasteiger partial charge in [-0.05, 0) is 35.4 Å². The number of methoxy groups -OCH3 is 1. The van der Waals surface area contributed by atoms with Crippen molar-refractivity contribution in [3.63, 3.8) is 0 Å². The number of hydrogen-bond donors (Lipinski definition) is 2. The molecule has 3 rings (SSSR count). The van der Waals surface area contributed by atoms with Crippen LogP contribution in [0.25, 0.3) is 22.6 Å². The Hall–Kier alpha value is -3.21. The van der Waals surface area contributed by atoms with Gasteiger partial charge < -0.3 is 20.1 Å². The maximum Gasteiger partial charge on any atom is 0.167 e. The van der Waals surface area contributed by atoms with Crippen LogP contribution in [0.4, 0.5) is 0 Å². The Kier molecular flexibility index (Phi) is 4.01. The van der Waals surface area contributed by atoms with Crippen LogP contribution in [0.2, 0.25) is 0 Å². The van der Waals surface area contributed by atoms with Gasteiger partial charge >= 0.3 is 0 Å². The fourth-order valence-electron chi connectivity index (χ4n) is 2.34. The quantitative estimate of drug-likeness (QED) is 0.698. The molecule has 0 saturated carbocycles. The Morgan fingerprint density at radius 1 is 1.00 bits per heavy atom. The highest BCUT2D eigenvalue weighted by atomic mass is 16.5. The molecule has 5 nitrogen and oxygen atoms in total. The minimum absolute atomic E-state index is 0.617.